The number of rotatable bonds is 12. The lowest BCUT2D eigenvalue weighted by molar-refractivity contribution is -0.136. The molecule has 16 heteroatoms. The van der Waals surface area contributed by atoms with Gasteiger partial charge in [-0.05, 0) is 101 Å². The number of benzene rings is 3. The van der Waals surface area contributed by atoms with Crippen molar-refractivity contribution in [2.75, 3.05) is 27.3 Å². The Morgan fingerprint density at radius 3 is 1.80 bits per heavy atom. The van der Waals surface area contributed by atoms with Gasteiger partial charge in [0.25, 0.3) is 5.92 Å². The Bertz CT molecular complexity index is 2690. The lowest BCUT2D eigenvalue weighted by Crippen LogP contribution is -2.51. The summed E-state index contributed by atoms with van der Waals surface area (Å²) in [5, 5.41) is 5.48. The van der Waals surface area contributed by atoms with Gasteiger partial charge in [-0.25, -0.2) is 28.3 Å². The summed E-state index contributed by atoms with van der Waals surface area (Å²) in [4.78, 5) is 72.4. The fourth-order valence-corrected chi connectivity index (χ4v) is 10.8. The standard InChI is InChI=1S/C50H58F2N8O6/c1-7-27(3)41(57-47(63)65-5)45(61)59-19-9-11-39(59)43-53-24-38(56-43)31-14-17-33-32-16-13-29(21-34(32)49(35(33)22-31)25-50(51,52)26-49)30-15-18-36-37(23-30)55-44(54-36)40-12-10-20-60(40)46(62)42(28(4)8-2)58-48(64)66-6/h13-18,21-24,27-28,39-42H,7-12,19-20,25-26H2,1-6H3,(H,53,56)(H,54,55)(H,57,63)(H,58,64)/t27-,28-,39-,40-,41-,42-/m0/s1. The monoisotopic (exact) mass is 904 g/mol. The molecule has 4 heterocycles. The molecule has 3 fully saturated rings. The highest BCUT2D eigenvalue weighted by molar-refractivity contribution is 5.90. The number of carbonyl (C=O) groups is 4. The number of hydrogen-bond acceptors (Lipinski definition) is 8. The van der Waals surface area contributed by atoms with Crippen LogP contribution in [0.3, 0.4) is 0 Å². The summed E-state index contributed by atoms with van der Waals surface area (Å²) in [6.45, 7) is 8.89. The molecular formula is C50H58F2N8O6. The quantitative estimate of drug-likeness (QED) is 0.0959. The minimum Gasteiger partial charge on any atom is -0.453 e. The van der Waals surface area contributed by atoms with Crippen LogP contribution in [0.2, 0.25) is 0 Å². The van der Waals surface area contributed by atoms with Gasteiger partial charge in [-0.3, -0.25) is 9.59 Å². The van der Waals surface area contributed by atoms with Crippen molar-refractivity contribution in [2.24, 2.45) is 11.8 Å². The van der Waals surface area contributed by atoms with E-state index in [1.54, 1.807) is 16.0 Å². The molecule has 4 aliphatic rings. The number of nitrogens with one attached hydrogen (secondary N) is 4. The van der Waals surface area contributed by atoms with Crippen LogP contribution < -0.4 is 10.6 Å². The van der Waals surface area contributed by atoms with Gasteiger partial charge >= 0.3 is 12.2 Å². The zero-order valence-corrected chi connectivity index (χ0v) is 38.3. The first-order chi connectivity index (χ1) is 31.7. The molecule has 3 aromatic carbocycles. The first kappa shape index (κ1) is 44.9. The van der Waals surface area contributed by atoms with Crippen LogP contribution in [-0.2, 0) is 24.5 Å². The second-order valence-corrected chi connectivity index (χ2v) is 18.7. The Morgan fingerprint density at radius 1 is 0.742 bits per heavy atom. The van der Waals surface area contributed by atoms with Crippen molar-refractivity contribution in [3.63, 3.8) is 0 Å². The van der Waals surface area contributed by atoms with Crippen LogP contribution in [0, 0.1) is 11.8 Å². The van der Waals surface area contributed by atoms with Crippen molar-refractivity contribution >= 4 is 35.0 Å². The number of halogens is 2. The SMILES string of the molecule is CC[C@H](C)[C@H](NC(=O)OC)C(=O)N1CCC[C@H]1c1ncc(-c2ccc3c(c2)C2(CC(F)(F)C2)c2cc(-c4ccc5nc([C@@H]6CCCN6C(=O)[C@@H](NC(=O)OC)[C@@H](C)CC)[nH]c5c4)ccc2-3)[nH]1. The van der Waals surface area contributed by atoms with Gasteiger partial charge in [0.1, 0.15) is 23.7 Å². The van der Waals surface area contributed by atoms with E-state index in [0.29, 0.717) is 44.0 Å². The van der Waals surface area contributed by atoms with E-state index >= 15 is 8.78 Å². The van der Waals surface area contributed by atoms with Gasteiger partial charge in [0, 0.05) is 31.3 Å². The molecule has 1 spiro atoms. The summed E-state index contributed by atoms with van der Waals surface area (Å²) in [6, 6.07) is 16.0. The third-order valence-corrected chi connectivity index (χ3v) is 14.8. The van der Waals surface area contributed by atoms with Gasteiger partial charge in [0.2, 0.25) is 11.8 Å². The summed E-state index contributed by atoms with van der Waals surface area (Å²) < 4.78 is 40.0. The van der Waals surface area contributed by atoms with Crippen LogP contribution in [0.5, 0.6) is 0 Å². The highest BCUT2D eigenvalue weighted by atomic mass is 19.3. The van der Waals surface area contributed by atoms with E-state index in [4.69, 9.17) is 19.4 Å². The normalized spacial score (nSPS) is 20.8. The largest absolute Gasteiger partial charge is 0.453 e. The predicted octanol–water partition coefficient (Wildman–Crippen LogP) is 9.18. The zero-order chi connectivity index (χ0) is 46.7. The Hall–Kier alpha value is -6.32. The number of hydrogen-bond donors (Lipinski definition) is 4. The molecule has 66 heavy (non-hydrogen) atoms. The number of alkyl carbamates (subject to hydrolysis) is 2. The number of aromatic nitrogens is 4. The summed E-state index contributed by atoms with van der Waals surface area (Å²) in [5.41, 5.74) is 7.59. The maximum absolute atomic E-state index is 15.2. The van der Waals surface area contributed by atoms with E-state index < -0.39 is 35.6 Å². The number of ether oxygens (including phenoxy) is 2. The molecule has 348 valence electrons. The zero-order valence-electron chi connectivity index (χ0n) is 38.3. The van der Waals surface area contributed by atoms with Crippen molar-refractivity contribution in [3.8, 4) is 33.5 Å². The summed E-state index contributed by atoms with van der Waals surface area (Å²) in [6.07, 6.45) is 4.23. The van der Waals surface area contributed by atoms with Crippen LogP contribution >= 0.6 is 0 Å². The van der Waals surface area contributed by atoms with Crippen molar-refractivity contribution in [3.05, 3.63) is 83.6 Å². The smallest absolute Gasteiger partial charge is 0.407 e. The third kappa shape index (κ3) is 7.85. The van der Waals surface area contributed by atoms with Crippen LogP contribution in [0.4, 0.5) is 18.4 Å². The molecule has 4 amide bonds. The second-order valence-electron chi connectivity index (χ2n) is 18.7. The number of aromatic amines is 2. The van der Waals surface area contributed by atoms with Crippen molar-refractivity contribution in [1.82, 2.24) is 40.4 Å². The van der Waals surface area contributed by atoms with E-state index in [1.165, 1.54) is 14.2 Å². The Labute approximate surface area is 382 Å². The number of amides is 4. The number of fused-ring (bicyclic) bond motifs is 6. The molecular weight excluding hydrogens is 847 g/mol. The van der Waals surface area contributed by atoms with Gasteiger partial charge in [-0.2, -0.15) is 0 Å². The average molecular weight is 905 g/mol. The number of likely N-dealkylation sites (tertiary alicyclic amines) is 2. The third-order valence-electron chi connectivity index (χ3n) is 14.8. The lowest BCUT2D eigenvalue weighted by atomic mass is 9.60. The van der Waals surface area contributed by atoms with E-state index in [9.17, 15) is 19.2 Å². The molecule has 2 saturated heterocycles. The van der Waals surface area contributed by atoms with E-state index in [2.05, 4.69) is 26.7 Å². The van der Waals surface area contributed by atoms with Crippen molar-refractivity contribution in [2.45, 2.75) is 115 Å². The molecule has 2 aliphatic heterocycles. The Morgan fingerprint density at radius 2 is 1.26 bits per heavy atom. The number of carbonyl (C=O) groups excluding carboxylic acids is 4. The summed E-state index contributed by atoms with van der Waals surface area (Å²) in [7, 11) is 2.56. The van der Waals surface area contributed by atoms with Crippen LogP contribution in [0.15, 0.2) is 60.8 Å². The molecule has 2 aliphatic carbocycles. The fraction of sp³-hybridized carbons (Fsp3) is 0.480. The van der Waals surface area contributed by atoms with Crippen molar-refractivity contribution in [1.29, 1.82) is 0 Å². The Balaban J connectivity index is 0.976. The van der Waals surface area contributed by atoms with Crippen LogP contribution in [0.1, 0.15) is 114 Å². The molecule has 6 atom stereocenters. The lowest BCUT2D eigenvalue weighted by Gasteiger charge is -2.46. The molecule has 4 N–H and O–H groups in total. The molecule has 0 bridgehead atoms. The minimum absolute atomic E-state index is 0.102. The van der Waals surface area contributed by atoms with Gasteiger partial charge < -0.3 is 39.9 Å². The fourth-order valence-electron chi connectivity index (χ4n) is 10.8. The molecule has 9 rings (SSSR count). The van der Waals surface area contributed by atoms with Gasteiger partial charge in [0.05, 0.1) is 49.2 Å². The number of imidazole rings is 2. The van der Waals surface area contributed by atoms with Crippen LogP contribution in [0.25, 0.3) is 44.5 Å². The van der Waals surface area contributed by atoms with Crippen LogP contribution in [-0.4, -0.2) is 99.1 Å². The molecule has 0 unspecified atom stereocenters. The minimum atomic E-state index is -2.81. The number of methoxy groups -OCH3 is 2. The highest BCUT2D eigenvalue weighted by Gasteiger charge is 2.61. The van der Waals surface area contributed by atoms with E-state index in [1.807, 2.05) is 76.2 Å². The number of H-pyrrole nitrogens is 2. The average Bonchev–Trinajstić information content (AvgIpc) is 4.18. The first-order valence-corrected chi connectivity index (χ1v) is 23.2. The van der Waals surface area contributed by atoms with Gasteiger partial charge in [-0.15, -0.1) is 0 Å². The summed E-state index contributed by atoms with van der Waals surface area (Å²) >= 11 is 0. The number of alkyl halides is 2. The topological polar surface area (TPSA) is 175 Å². The molecule has 14 nitrogen and oxygen atoms in total. The van der Waals surface area contributed by atoms with Gasteiger partial charge in [-0.1, -0.05) is 70.9 Å². The van der Waals surface area contributed by atoms with E-state index in [-0.39, 0.29) is 48.6 Å². The molecule has 5 aromatic rings. The maximum atomic E-state index is 15.2. The predicted molar refractivity (Wildman–Crippen MR) is 244 cm³/mol. The molecule has 2 aromatic heterocycles. The maximum Gasteiger partial charge on any atom is 0.407 e. The second kappa shape index (κ2) is 17.5. The number of nitrogens with zero attached hydrogens (tertiary/aromatic N) is 4. The molecule has 0 radical (unpaired) electrons. The Kier molecular flexibility index (Phi) is 11.9. The molecule has 1 saturated carbocycles. The van der Waals surface area contributed by atoms with Crippen molar-refractivity contribution < 1.29 is 37.4 Å². The summed E-state index contributed by atoms with van der Waals surface area (Å²) in [5.74, 6) is -2.07. The highest BCUT2D eigenvalue weighted by Crippen LogP contribution is 2.64. The van der Waals surface area contributed by atoms with E-state index in [0.717, 1.165) is 74.9 Å². The van der Waals surface area contributed by atoms with Gasteiger partial charge in [0.15, 0.2) is 0 Å². The first-order valence-electron chi connectivity index (χ1n) is 23.2.